The maximum absolute atomic E-state index is 5.85. The van der Waals surface area contributed by atoms with Crippen molar-refractivity contribution >= 4 is 0 Å². The molecule has 0 fully saturated rings. The molecule has 0 atom stereocenters. The first kappa shape index (κ1) is 53.3. The van der Waals surface area contributed by atoms with E-state index in [0.717, 1.165) is 11.5 Å². The summed E-state index contributed by atoms with van der Waals surface area (Å²) in [7, 11) is 0. The van der Waals surface area contributed by atoms with Gasteiger partial charge in [-0.05, 0) is 185 Å². The fourth-order valence-electron chi connectivity index (χ4n) is 4.64. The molecule has 5 rings (SSSR count). The molecule has 0 saturated heterocycles. The van der Waals surface area contributed by atoms with Crippen LogP contribution in [0.2, 0.25) is 0 Å². The maximum Gasteiger partial charge on any atom is 0.127 e. The van der Waals surface area contributed by atoms with Crippen LogP contribution in [0.15, 0.2) is 84.9 Å². The minimum absolute atomic E-state index is 0.899. The van der Waals surface area contributed by atoms with Gasteiger partial charge in [-0.15, -0.1) is 0 Å². The minimum Gasteiger partial charge on any atom is -0.457 e. The molecular weight excluding hydrogens is 641 g/mol. The van der Waals surface area contributed by atoms with Crippen LogP contribution < -0.4 is 4.74 Å². The molecule has 0 amide bonds. The molecule has 0 heterocycles. The Morgan fingerprint density at radius 3 is 0.660 bits per heavy atom. The molecule has 5 aromatic carbocycles. The minimum atomic E-state index is 0.899. The molecule has 0 aromatic heterocycles. The van der Waals surface area contributed by atoms with Crippen molar-refractivity contribution in [2.75, 3.05) is 0 Å². The number of benzene rings is 5. The zero-order chi connectivity index (χ0) is 41.8. The lowest BCUT2D eigenvalue weighted by Gasteiger charge is -2.09. The maximum atomic E-state index is 5.85. The van der Waals surface area contributed by atoms with E-state index in [4.69, 9.17) is 4.74 Å². The highest BCUT2D eigenvalue weighted by molar-refractivity contribution is 5.66. The molecule has 294 valence electrons. The third-order valence-corrected chi connectivity index (χ3v) is 8.65. The highest BCUT2D eigenvalue weighted by Crippen LogP contribution is 2.26. The van der Waals surface area contributed by atoms with E-state index < -0.39 is 0 Å². The van der Waals surface area contributed by atoms with Crippen molar-refractivity contribution in [3.63, 3.8) is 0 Å². The summed E-state index contributed by atoms with van der Waals surface area (Å²) >= 11 is 0. The van der Waals surface area contributed by atoms with Gasteiger partial charge in [-0.3, -0.25) is 0 Å². The second kappa shape index (κ2) is 30.4. The van der Waals surface area contributed by atoms with Crippen LogP contribution in [0.5, 0.6) is 11.5 Å². The predicted octanol–water partition coefficient (Wildman–Crippen LogP) is 17.4. The monoisotopic (exact) mass is 721 g/mol. The summed E-state index contributed by atoms with van der Waals surface area (Å²) in [5.41, 5.74) is 18.7. The van der Waals surface area contributed by atoms with Crippen molar-refractivity contribution in [1.29, 1.82) is 0 Å². The molecule has 0 saturated carbocycles. The number of hydrogen-bond acceptors (Lipinski definition) is 1. The van der Waals surface area contributed by atoms with Crippen molar-refractivity contribution in [2.45, 2.75) is 152 Å². The summed E-state index contributed by atoms with van der Waals surface area (Å²) in [5.74, 6) is 1.80. The van der Waals surface area contributed by atoms with E-state index in [1.807, 2.05) is 81.4 Å². The third-order valence-electron chi connectivity index (χ3n) is 8.65. The first-order valence-corrected chi connectivity index (χ1v) is 20.3. The van der Waals surface area contributed by atoms with Crippen molar-refractivity contribution in [1.82, 2.24) is 0 Å². The summed E-state index contributed by atoms with van der Waals surface area (Å²) in [6.07, 6.45) is 0. The van der Waals surface area contributed by atoms with Crippen LogP contribution in [0, 0.1) is 83.1 Å². The molecular formula is C52H80O. The SMILES string of the molecule is CC.CC.CC.CC.CC.Cc1cc(C)c(C)cc1C.Cc1ccc(-c2ccc(C)c(C)c2)cc1C.Cc1ccc(Oc2ccc(C)c(C)c2)cc1C. The Morgan fingerprint density at radius 2 is 0.434 bits per heavy atom. The Bertz CT molecular complexity index is 1550. The number of hydrogen-bond donors (Lipinski definition) is 0. The van der Waals surface area contributed by atoms with Gasteiger partial charge < -0.3 is 4.74 Å². The largest absolute Gasteiger partial charge is 0.457 e. The highest BCUT2D eigenvalue weighted by Gasteiger charge is 2.03. The van der Waals surface area contributed by atoms with Gasteiger partial charge in [-0.25, -0.2) is 0 Å². The molecule has 53 heavy (non-hydrogen) atoms. The third kappa shape index (κ3) is 19.5. The Balaban J connectivity index is -0.000000645. The van der Waals surface area contributed by atoms with E-state index in [-0.39, 0.29) is 0 Å². The van der Waals surface area contributed by atoms with Crippen molar-refractivity contribution < 1.29 is 4.74 Å². The Labute approximate surface area is 330 Å². The van der Waals surface area contributed by atoms with Crippen LogP contribution in [0.3, 0.4) is 0 Å². The van der Waals surface area contributed by atoms with E-state index in [1.165, 1.54) is 77.9 Å². The molecule has 0 N–H and O–H groups in total. The van der Waals surface area contributed by atoms with Gasteiger partial charge >= 0.3 is 0 Å². The van der Waals surface area contributed by atoms with Crippen LogP contribution in [0.4, 0.5) is 0 Å². The van der Waals surface area contributed by atoms with Crippen molar-refractivity contribution in [3.05, 3.63) is 152 Å². The zero-order valence-corrected chi connectivity index (χ0v) is 38.5. The van der Waals surface area contributed by atoms with Gasteiger partial charge in [0.05, 0.1) is 0 Å². The molecule has 5 aromatic rings. The normalized spacial score (nSPS) is 8.94. The van der Waals surface area contributed by atoms with Crippen LogP contribution >= 0.6 is 0 Å². The molecule has 0 spiro atoms. The zero-order valence-electron chi connectivity index (χ0n) is 38.5. The smallest absolute Gasteiger partial charge is 0.127 e. The number of rotatable bonds is 3. The second-order valence-electron chi connectivity index (χ2n) is 12.2. The molecule has 0 unspecified atom stereocenters. The highest BCUT2D eigenvalue weighted by atomic mass is 16.5. The van der Waals surface area contributed by atoms with E-state index in [2.05, 4.69) is 156 Å². The molecule has 0 radical (unpaired) electrons. The Morgan fingerprint density at radius 1 is 0.226 bits per heavy atom. The van der Waals surface area contributed by atoms with Gasteiger partial charge in [0.2, 0.25) is 0 Å². The van der Waals surface area contributed by atoms with Gasteiger partial charge in [0.25, 0.3) is 0 Å². The first-order chi connectivity index (χ1) is 25.2. The van der Waals surface area contributed by atoms with Gasteiger partial charge in [0, 0.05) is 0 Å². The van der Waals surface area contributed by atoms with Crippen LogP contribution in [0.1, 0.15) is 136 Å². The topological polar surface area (TPSA) is 9.23 Å². The van der Waals surface area contributed by atoms with Gasteiger partial charge in [0.1, 0.15) is 11.5 Å². The summed E-state index contributed by atoms with van der Waals surface area (Å²) in [6.45, 7) is 45.7. The van der Waals surface area contributed by atoms with Crippen molar-refractivity contribution in [3.8, 4) is 22.6 Å². The van der Waals surface area contributed by atoms with E-state index in [0.29, 0.717) is 0 Å². The summed E-state index contributed by atoms with van der Waals surface area (Å²) < 4.78 is 5.85. The number of ether oxygens (including phenoxy) is 1. The quantitative estimate of drug-likeness (QED) is 0.180. The second-order valence-corrected chi connectivity index (χ2v) is 12.2. The van der Waals surface area contributed by atoms with Crippen LogP contribution in [0.25, 0.3) is 11.1 Å². The van der Waals surface area contributed by atoms with Gasteiger partial charge in [-0.2, -0.15) is 0 Å². The summed E-state index contributed by atoms with van der Waals surface area (Å²) in [6, 6.07) is 30.1. The molecule has 0 aliphatic heterocycles. The molecule has 0 aliphatic carbocycles. The standard InChI is InChI=1S/C16H18O.C16H18.C10H14.5C2H6/c1-11-5-7-15(9-13(11)3)17-16-8-6-12(2)14(4)10-16;1-11-5-7-15(9-13(11)3)16-8-6-12(2)14(4)10-16;1-7-5-9(3)10(4)6-8(7)2;5*1-2/h5-10H,1-4H3;5-10H,1-4H3;5-6H,1-4H3;5*1-2H3. The van der Waals surface area contributed by atoms with Crippen LogP contribution in [-0.4, -0.2) is 0 Å². The lowest BCUT2D eigenvalue weighted by Crippen LogP contribution is -1.88. The van der Waals surface area contributed by atoms with Crippen LogP contribution in [-0.2, 0) is 0 Å². The first-order valence-electron chi connectivity index (χ1n) is 20.3. The molecule has 1 heteroatoms. The Hall–Kier alpha value is -4.10. The van der Waals surface area contributed by atoms with E-state index in [9.17, 15) is 0 Å². The fraction of sp³-hybridized carbons (Fsp3) is 0.423. The fourth-order valence-corrected chi connectivity index (χ4v) is 4.64. The average molecular weight is 721 g/mol. The molecule has 0 aliphatic rings. The van der Waals surface area contributed by atoms with E-state index in [1.54, 1.807) is 0 Å². The van der Waals surface area contributed by atoms with Gasteiger partial charge in [-0.1, -0.05) is 130 Å². The molecule has 1 nitrogen and oxygen atoms in total. The lowest BCUT2D eigenvalue weighted by molar-refractivity contribution is 0.481. The predicted molar refractivity (Wildman–Crippen MR) is 245 cm³/mol. The average Bonchev–Trinajstić information content (AvgIpc) is 3.17. The summed E-state index contributed by atoms with van der Waals surface area (Å²) in [5, 5.41) is 0. The van der Waals surface area contributed by atoms with Gasteiger partial charge in [0.15, 0.2) is 0 Å². The molecule has 0 bridgehead atoms. The number of aryl methyl sites for hydroxylation is 12. The lowest BCUT2D eigenvalue weighted by atomic mass is 9.98. The van der Waals surface area contributed by atoms with Crippen molar-refractivity contribution in [2.24, 2.45) is 0 Å². The van der Waals surface area contributed by atoms with E-state index >= 15 is 0 Å². The Kier molecular flexibility index (Phi) is 30.5. The summed E-state index contributed by atoms with van der Waals surface area (Å²) in [4.78, 5) is 0.